The number of halogens is 1. The molecule has 0 spiro atoms. The molecule has 7 nitrogen and oxygen atoms in total. The molecule has 1 aromatic heterocycles. The van der Waals surface area contributed by atoms with Gasteiger partial charge in [-0.25, -0.2) is 14.1 Å². The number of carbonyl (C=O) groups excluding carboxylic acids is 3. The van der Waals surface area contributed by atoms with Crippen molar-refractivity contribution in [1.29, 1.82) is 0 Å². The van der Waals surface area contributed by atoms with Crippen molar-refractivity contribution in [2.75, 3.05) is 11.4 Å². The summed E-state index contributed by atoms with van der Waals surface area (Å²) in [5.41, 5.74) is 6.25. The average Bonchev–Trinajstić information content (AvgIpc) is 3.51. The van der Waals surface area contributed by atoms with Crippen molar-refractivity contribution >= 4 is 34.4 Å². The van der Waals surface area contributed by atoms with Gasteiger partial charge < -0.3 is 10.3 Å². The fraction of sp³-hybridized carbons (Fsp3) is 0.171. The number of urea groups is 1. The third kappa shape index (κ3) is 4.55. The van der Waals surface area contributed by atoms with Crippen LogP contribution in [0, 0.1) is 12.7 Å². The Morgan fingerprint density at radius 3 is 2.44 bits per heavy atom. The molecule has 214 valence electrons. The number of amides is 4. The van der Waals surface area contributed by atoms with Crippen molar-refractivity contribution in [3.63, 3.8) is 0 Å². The van der Waals surface area contributed by atoms with E-state index in [0.717, 1.165) is 43.8 Å². The number of H-pyrrole nitrogens is 1. The van der Waals surface area contributed by atoms with Crippen LogP contribution in [0.15, 0.2) is 97.1 Å². The number of aromatic nitrogens is 1. The third-order valence-corrected chi connectivity index (χ3v) is 8.44. The monoisotopic (exact) mass is 572 g/mol. The number of fused-ring (bicyclic) bond motifs is 4. The number of aryl methyl sites for hydroxylation is 1. The summed E-state index contributed by atoms with van der Waals surface area (Å²) in [5.74, 6) is -1.07. The third-order valence-electron chi connectivity index (χ3n) is 8.44. The van der Waals surface area contributed by atoms with Gasteiger partial charge in [-0.05, 0) is 60.4 Å². The molecule has 0 bridgehead atoms. The standard InChI is InChI=1S/C35H29FN4O3/c1-21-10-14-23(15-11-21)32-31-27(25-6-2-4-8-28(25)38-31)20-30-34(42)40(35(43)39(30)32)29-9-5-3-7-26(29)33(41)37-19-18-22-12-16-24(36)17-13-22/h2-17,30,32,38H,18-20H2,1H3,(H,37,41)/t30-,32+/m0/s1. The predicted octanol–water partition coefficient (Wildman–Crippen LogP) is 6.07. The summed E-state index contributed by atoms with van der Waals surface area (Å²) in [6, 6.07) is 27.1. The Kier molecular flexibility index (Phi) is 6.54. The Labute approximate surface area is 247 Å². The molecule has 2 aliphatic heterocycles. The lowest BCUT2D eigenvalue weighted by Crippen LogP contribution is -2.44. The second kappa shape index (κ2) is 10.5. The molecule has 43 heavy (non-hydrogen) atoms. The molecule has 2 aliphatic rings. The van der Waals surface area contributed by atoms with Gasteiger partial charge in [-0.2, -0.15) is 0 Å². The molecule has 0 saturated carbocycles. The predicted molar refractivity (Wildman–Crippen MR) is 162 cm³/mol. The number of anilines is 1. The van der Waals surface area contributed by atoms with Crippen LogP contribution in [0.25, 0.3) is 10.9 Å². The summed E-state index contributed by atoms with van der Waals surface area (Å²) in [4.78, 5) is 48.1. The zero-order valence-electron chi connectivity index (χ0n) is 23.5. The number of benzene rings is 4. The van der Waals surface area contributed by atoms with E-state index in [-0.39, 0.29) is 23.0 Å². The molecule has 1 fully saturated rings. The zero-order valence-corrected chi connectivity index (χ0v) is 23.5. The van der Waals surface area contributed by atoms with Crippen molar-refractivity contribution in [2.45, 2.75) is 31.8 Å². The van der Waals surface area contributed by atoms with Gasteiger partial charge in [-0.15, -0.1) is 0 Å². The van der Waals surface area contributed by atoms with E-state index in [0.29, 0.717) is 19.4 Å². The van der Waals surface area contributed by atoms with Crippen molar-refractivity contribution in [2.24, 2.45) is 0 Å². The Bertz CT molecular complexity index is 1880. The van der Waals surface area contributed by atoms with E-state index >= 15 is 0 Å². The topological polar surface area (TPSA) is 85.5 Å². The number of imide groups is 1. The van der Waals surface area contributed by atoms with E-state index in [1.54, 1.807) is 41.3 Å². The van der Waals surface area contributed by atoms with Crippen LogP contribution < -0.4 is 10.2 Å². The molecule has 4 amide bonds. The van der Waals surface area contributed by atoms with Gasteiger partial charge in [0.15, 0.2) is 0 Å². The molecule has 1 saturated heterocycles. The van der Waals surface area contributed by atoms with E-state index in [9.17, 15) is 18.8 Å². The normalized spacial score (nSPS) is 17.7. The first-order valence-corrected chi connectivity index (χ1v) is 14.3. The van der Waals surface area contributed by atoms with Crippen molar-refractivity contribution in [1.82, 2.24) is 15.2 Å². The molecular weight excluding hydrogens is 543 g/mol. The van der Waals surface area contributed by atoms with Crippen molar-refractivity contribution in [3.05, 3.63) is 136 Å². The maximum Gasteiger partial charge on any atom is 0.332 e. The molecule has 2 N–H and O–H groups in total. The van der Waals surface area contributed by atoms with Crippen LogP contribution in [-0.2, 0) is 17.6 Å². The van der Waals surface area contributed by atoms with Crippen LogP contribution >= 0.6 is 0 Å². The molecule has 2 atom stereocenters. The number of para-hydroxylation sites is 2. The summed E-state index contributed by atoms with van der Waals surface area (Å²) in [6.45, 7) is 2.32. The molecule has 0 radical (unpaired) electrons. The quantitative estimate of drug-likeness (QED) is 0.242. The Morgan fingerprint density at radius 1 is 0.930 bits per heavy atom. The smallest absolute Gasteiger partial charge is 0.332 e. The number of hydrogen-bond donors (Lipinski definition) is 2. The Morgan fingerprint density at radius 2 is 1.65 bits per heavy atom. The maximum absolute atomic E-state index is 14.3. The van der Waals surface area contributed by atoms with Gasteiger partial charge in [0.2, 0.25) is 0 Å². The number of carbonyl (C=O) groups is 3. The summed E-state index contributed by atoms with van der Waals surface area (Å²) in [5, 5.41) is 3.92. The lowest BCUT2D eigenvalue weighted by Gasteiger charge is -2.36. The second-order valence-electron chi connectivity index (χ2n) is 11.1. The van der Waals surface area contributed by atoms with Gasteiger partial charge in [0.05, 0.1) is 11.3 Å². The van der Waals surface area contributed by atoms with E-state index in [2.05, 4.69) is 10.3 Å². The van der Waals surface area contributed by atoms with Crippen LogP contribution in [0.4, 0.5) is 14.9 Å². The minimum absolute atomic E-state index is 0.235. The Hall–Kier alpha value is -5.24. The molecular formula is C35H29FN4O3. The summed E-state index contributed by atoms with van der Waals surface area (Å²) >= 11 is 0. The zero-order chi connectivity index (χ0) is 29.7. The van der Waals surface area contributed by atoms with Gasteiger partial charge in [0.25, 0.3) is 11.8 Å². The largest absolute Gasteiger partial charge is 0.356 e. The molecule has 7 rings (SSSR count). The van der Waals surface area contributed by atoms with E-state index in [1.165, 1.54) is 12.1 Å². The molecule has 0 aliphatic carbocycles. The fourth-order valence-corrected chi connectivity index (χ4v) is 6.32. The maximum atomic E-state index is 14.3. The highest BCUT2D eigenvalue weighted by Crippen LogP contribution is 2.45. The first-order valence-electron chi connectivity index (χ1n) is 14.3. The van der Waals surface area contributed by atoms with Crippen LogP contribution in [0.3, 0.4) is 0 Å². The first kappa shape index (κ1) is 26.6. The lowest BCUT2D eigenvalue weighted by molar-refractivity contribution is -0.120. The van der Waals surface area contributed by atoms with Crippen LogP contribution in [0.1, 0.15) is 44.3 Å². The minimum atomic E-state index is -0.722. The SMILES string of the molecule is Cc1ccc([C@@H]2c3[nH]c4ccccc4c3C[C@H]3C(=O)N(c4ccccc4C(=O)NCCc4ccc(F)cc4)C(=O)N23)cc1. The molecule has 0 unspecified atom stereocenters. The van der Waals surface area contributed by atoms with E-state index in [1.807, 2.05) is 55.5 Å². The van der Waals surface area contributed by atoms with E-state index in [4.69, 9.17) is 0 Å². The average molecular weight is 573 g/mol. The number of hydrogen-bond acceptors (Lipinski definition) is 3. The summed E-state index contributed by atoms with van der Waals surface area (Å²) in [6.07, 6.45) is 0.879. The summed E-state index contributed by atoms with van der Waals surface area (Å²) in [7, 11) is 0. The minimum Gasteiger partial charge on any atom is -0.356 e. The van der Waals surface area contributed by atoms with Gasteiger partial charge >= 0.3 is 6.03 Å². The molecule has 8 heteroatoms. The van der Waals surface area contributed by atoms with Gasteiger partial charge in [0, 0.05) is 29.6 Å². The molecule has 3 heterocycles. The molecule has 4 aromatic carbocycles. The van der Waals surface area contributed by atoms with Gasteiger partial charge in [0.1, 0.15) is 17.9 Å². The van der Waals surface area contributed by atoms with Crippen LogP contribution in [0.2, 0.25) is 0 Å². The first-order chi connectivity index (χ1) is 20.9. The summed E-state index contributed by atoms with van der Waals surface area (Å²) < 4.78 is 13.3. The highest BCUT2D eigenvalue weighted by atomic mass is 19.1. The highest BCUT2D eigenvalue weighted by molar-refractivity contribution is 6.24. The van der Waals surface area contributed by atoms with Gasteiger partial charge in [-0.1, -0.05) is 72.3 Å². The number of rotatable bonds is 6. The number of nitrogens with zero attached hydrogens (tertiary/aromatic N) is 2. The second-order valence-corrected chi connectivity index (χ2v) is 11.1. The lowest BCUT2D eigenvalue weighted by atomic mass is 9.88. The fourth-order valence-electron chi connectivity index (χ4n) is 6.32. The van der Waals surface area contributed by atoms with Crippen LogP contribution in [0.5, 0.6) is 0 Å². The van der Waals surface area contributed by atoms with E-state index < -0.39 is 24.0 Å². The Balaban J connectivity index is 1.23. The number of nitrogens with one attached hydrogen (secondary N) is 2. The molecule has 5 aromatic rings. The van der Waals surface area contributed by atoms with Gasteiger partial charge in [-0.3, -0.25) is 14.5 Å². The highest BCUT2D eigenvalue weighted by Gasteiger charge is 2.53. The van der Waals surface area contributed by atoms with Crippen molar-refractivity contribution < 1.29 is 18.8 Å². The number of aromatic amines is 1. The van der Waals surface area contributed by atoms with Crippen LogP contribution in [-0.4, -0.2) is 40.3 Å². The van der Waals surface area contributed by atoms with Crippen molar-refractivity contribution in [3.8, 4) is 0 Å².